The first-order valence-corrected chi connectivity index (χ1v) is 15.6. The predicted molar refractivity (Wildman–Crippen MR) is 166 cm³/mol. The number of H-pyrrole nitrogens is 1. The number of hydrogen-bond donors (Lipinski definition) is 3. The van der Waals surface area contributed by atoms with Crippen LogP contribution in [-0.2, 0) is 21.9 Å². The number of aromatic amines is 1. The predicted octanol–water partition coefficient (Wildman–Crippen LogP) is 6.28. The van der Waals surface area contributed by atoms with Crippen molar-refractivity contribution in [1.29, 1.82) is 0 Å². The first-order valence-electron chi connectivity index (χ1n) is 15.6. The summed E-state index contributed by atoms with van der Waals surface area (Å²) in [6.07, 6.45) is -5.64. The average Bonchev–Trinajstić information content (AvgIpc) is 3.47. The molecule has 3 aliphatic rings. The fourth-order valence-electron chi connectivity index (χ4n) is 7.35. The topological polar surface area (TPSA) is 102 Å². The zero-order valence-corrected chi connectivity index (χ0v) is 27.5. The lowest BCUT2D eigenvalue weighted by molar-refractivity contribution is -0.166. The van der Waals surface area contributed by atoms with Crippen molar-refractivity contribution in [3.8, 4) is 0 Å². The van der Waals surface area contributed by atoms with E-state index in [1.165, 1.54) is 34.1 Å². The number of unbranched alkanes of at least 4 members (excludes halogenated alkanes) is 1. The molecule has 0 radical (unpaired) electrons. The number of nitrogens with zero attached hydrogens (tertiary/aromatic N) is 3. The van der Waals surface area contributed by atoms with Gasteiger partial charge in [0.2, 0.25) is 11.8 Å². The van der Waals surface area contributed by atoms with Gasteiger partial charge in [-0.15, -0.1) is 24.8 Å². The minimum Gasteiger partial charge on any atom is -0.390 e. The van der Waals surface area contributed by atoms with Crippen LogP contribution in [0.15, 0.2) is 30.3 Å². The van der Waals surface area contributed by atoms with Crippen molar-refractivity contribution >= 4 is 36.6 Å². The van der Waals surface area contributed by atoms with Crippen LogP contribution in [0.3, 0.4) is 0 Å². The van der Waals surface area contributed by atoms with E-state index in [1.807, 2.05) is 6.92 Å². The Morgan fingerprint density at radius 1 is 0.979 bits per heavy atom. The zero-order valence-electron chi connectivity index (χ0n) is 25.9. The molecule has 1 spiro atoms. The number of aliphatic hydroxyl groups excluding tert-OH is 1. The molecule has 3 N–H and O–H groups in total. The van der Waals surface area contributed by atoms with Gasteiger partial charge in [0.1, 0.15) is 17.3 Å². The van der Waals surface area contributed by atoms with E-state index in [0.717, 1.165) is 38.5 Å². The van der Waals surface area contributed by atoms with E-state index in [1.54, 1.807) is 11.2 Å². The maximum absolute atomic E-state index is 14.1. The lowest BCUT2D eigenvalue weighted by atomic mass is 9.77. The Morgan fingerprint density at radius 2 is 1.60 bits per heavy atom. The number of piperazine rings is 1. The smallest absolute Gasteiger partial charge is 0.390 e. The van der Waals surface area contributed by atoms with Gasteiger partial charge in [0.15, 0.2) is 5.69 Å². The number of carbonyl (C=O) groups excluding carboxylic acids is 2. The Kier molecular flexibility index (Phi) is 12.7. The van der Waals surface area contributed by atoms with E-state index in [2.05, 4.69) is 10.4 Å². The number of benzene rings is 1. The van der Waals surface area contributed by atoms with Crippen LogP contribution in [0.25, 0.3) is 0 Å². The van der Waals surface area contributed by atoms with Gasteiger partial charge in [-0.2, -0.15) is 31.4 Å². The number of hydrogen-bond acceptors (Lipinski definition) is 5. The van der Waals surface area contributed by atoms with Crippen LogP contribution in [0, 0.1) is 5.92 Å². The summed E-state index contributed by atoms with van der Waals surface area (Å²) in [5.74, 6) is -0.976. The van der Waals surface area contributed by atoms with E-state index >= 15 is 0 Å². The highest BCUT2D eigenvalue weighted by Gasteiger charge is 2.56. The lowest BCUT2D eigenvalue weighted by Crippen LogP contribution is -2.75. The van der Waals surface area contributed by atoms with Crippen LogP contribution >= 0.6 is 24.8 Å². The Hall–Kier alpha value is -2.55. The van der Waals surface area contributed by atoms with E-state index in [9.17, 15) is 41.0 Å². The fraction of sp³-hybridized carbons (Fsp3) is 0.645. The molecule has 1 unspecified atom stereocenters. The van der Waals surface area contributed by atoms with Gasteiger partial charge in [-0.05, 0) is 43.6 Å². The maximum Gasteiger partial charge on any atom is 0.435 e. The number of aromatic nitrogens is 2. The number of alkyl halides is 6. The van der Waals surface area contributed by atoms with Crippen LogP contribution in [0.1, 0.15) is 93.3 Å². The van der Waals surface area contributed by atoms with Crippen molar-refractivity contribution in [2.45, 2.75) is 101 Å². The highest BCUT2D eigenvalue weighted by atomic mass is 35.5. The van der Waals surface area contributed by atoms with Gasteiger partial charge in [0, 0.05) is 25.2 Å². The van der Waals surface area contributed by atoms with E-state index in [-0.39, 0.29) is 68.8 Å². The maximum atomic E-state index is 14.1. The molecule has 2 amide bonds. The molecule has 1 aromatic heterocycles. The molecular formula is C31H41Cl2F6N5O3. The first-order chi connectivity index (χ1) is 21.3. The second kappa shape index (κ2) is 15.3. The summed E-state index contributed by atoms with van der Waals surface area (Å²) in [4.78, 5) is 30.8. The van der Waals surface area contributed by atoms with Gasteiger partial charge < -0.3 is 15.3 Å². The van der Waals surface area contributed by atoms with E-state index < -0.39 is 64.8 Å². The lowest BCUT2D eigenvalue weighted by Gasteiger charge is -2.53. The molecule has 3 heterocycles. The van der Waals surface area contributed by atoms with Crippen molar-refractivity contribution in [2.24, 2.45) is 5.92 Å². The second-order valence-electron chi connectivity index (χ2n) is 12.4. The van der Waals surface area contributed by atoms with Crippen molar-refractivity contribution in [2.75, 3.05) is 19.6 Å². The Morgan fingerprint density at radius 3 is 2.15 bits per heavy atom. The number of piperidine rings is 1. The molecule has 8 nitrogen and oxygen atoms in total. The minimum atomic E-state index is -5.17. The quantitative estimate of drug-likeness (QED) is 0.279. The number of halogens is 8. The average molecular weight is 717 g/mol. The third-order valence-corrected chi connectivity index (χ3v) is 9.70. The number of aliphatic hydroxyl groups is 1. The molecule has 0 bridgehead atoms. The first kappa shape index (κ1) is 38.9. The van der Waals surface area contributed by atoms with Gasteiger partial charge >= 0.3 is 12.4 Å². The third-order valence-electron chi connectivity index (χ3n) is 9.70. The van der Waals surface area contributed by atoms with Crippen molar-refractivity contribution < 1.29 is 41.0 Å². The van der Waals surface area contributed by atoms with Crippen LogP contribution < -0.4 is 5.32 Å². The molecule has 5 rings (SSSR count). The molecule has 1 saturated carbocycles. The Balaban J connectivity index is 0.00000300. The molecule has 2 saturated heterocycles. The number of carbonyl (C=O) groups is 2. The summed E-state index contributed by atoms with van der Waals surface area (Å²) in [5, 5.41) is 18.6. The third kappa shape index (κ3) is 7.70. The van der Waals surface area contributed by atoms with Crippen LogP contribution in [0.5, 0.6) is 0 Å². The molecule has 3 fully saturated rings. The van der Waals surface area contributed by atoms with Crippen molar-refractivity contribution in [3.05, 3.63) is 52.8 Å². The summed E-state index contributed by atoms with van der Waals surface area (Å²) in [5.41, 5.74) is -5.41. The molecule has 3 atom stereocenters. The van der Waals surface area contributed by atoms with Gasteiger partial charge in [0.25, 0.3) is 0 Å². The monoisotopic (exact) mass is 715 g/mol. The minimum absolute atomic E-state index is 0. The summed E-state index contributed by atoms with van der Waals surface area (Å²) in [6.45, 7) is 2.04. The second-order valence-corrected chi connectivity index (χ2v) is 12.4. The van der Waals surface area contributed by atoms with Crippen LogP contribution in [0.4, 0.5) is 26.3 Å². The zero-order chi connectivity index (χ0) is 32.6. The molecule has 1 aromatic carbocycles. The van der Waals surface area contributed by atoms with Gasteiger partial charge in [0.05, 0.1) is 12.1 Å². The number of rotatable bonds is 8. The van der Waals surface area contributed by atoms with Gasteiger partial charge in [-0.3, -0.25) is 19.6 Å². The molecular weight excluding hydrogens is 675 g/mol. The number of nitrogens with one attached hydrogen (secondary N) is 2. The van der Waals surface area contributed by atoms with E-state index in [0.29, 0.717) is 6.42 Å². The number of likely N-dealkylation sites (tertiary alicyclic amines) is 1. The summed E-state index contributed by atoms with van der Waals surface area (Å²) in [7, 11) is 0. The summed E-state index contributed by atoms with van der Waals surface area (Å²) >= 11 is 0. The van der Waals surface area contributed by atoms with Crippen molar-refractivity contribution in [1.82, 2.24) is 25.3 Å². The molecule has 16 heteroatoms. The van der Waals surface area contributed by atoms with Gasteiger partial charge in [-0.25, -0.2) is 0 Å². The molecule has 2 aromatic rings. The largest absolute Gasteiger partial charge is 0.435 e. The molecule has 1 aliphatic carbocycles. The summed E-state index contributed by atoms with van der Waals surface area (Å²) in [6, 6.07) is 5.01. The molecule has 264 valence electrons. The van der Waals surface area contributed by atoms with Crippen LogP contribution in [0.2, 0.25) is 0 Å². The highest BCUT2D eigenvalue weighted by molar-refractivity contribution is 6.00. The standard InChI is InChI=1S/C31H39F6N5O3.2ClH/c1-2-3-16-42-27(44)22(24(43)20-12-8-5-9-13-20)38-28(45)29(42)14-17-41(18-15-29)23(19-10-6-4-7-11-19)21-25(30(32,33)34)39-40-26(21)31(35,36)37;;/h4,6-7,10-11,20,22-24,43H,2-3,5,8-9,12-18H2,1H3,(H,38,45)(H,39,40);2*1H/t22-,23?,24-;;/m1../s1. The SMILES string of the molecule is CCCCN1C(=O)[C@@H]([C@H](O)C2CCCCC2)NC(=O)C12CCN(C(c1ccccc1)c1c(C(F)(F)F)n[nH]c1C(F)(F)F)CC2.Cl.Cl. The Labute approximate surface area is 281 Å². The Bertz CT molecular complexity index is 1310. The normalized spacial score (nSPS) is 22.3. The van der Waals surface area contributed by atoms with Gasteiger partial charge in [-0.1, -0.05) is 62.9 Å². The number of amides is 2. The summed E-state index contributed by atoms with van der Waals surface area (Å²) < 4.78 is 84.6. The molecule has 47 heavy (non-hydrogen) atoms. The fourth-order valence-corrected chi connectivity index (χ4v) is 7.35. The molecule has 2 aliphatic heterocycles. The highest BCUT2D eigenvalue weighted by Crippen LogP contribution is 2.46. The van der Waals surface area contributed by atoms with E-state index in [4.69, 9.17) is 0 Å². The van der Waals surface area contributed by atoms with Crippen LogP contribution in [-0.4, -0.2) is 74.2 Å². The van der Waals surface area contributed by atoms with Crippen molar-refractivity contribution in [3.63, 3.8) is 0 Å².